The first kappa shape index (κ1) is 15.7. The number of nitrogens with zero attached hydrogens (tertiary/aromatic N) is 1. The fourth-order valence-corrected chi connectivity index (χ4v) is 1.89. The van der Waals surface area contributed by atoms with Crippen molar-refractivity contribution in [2.45, 2.75) is 32.4 Å². The maximum absolute atomic E-state index is 11.3. The monoisotopic (exact) mass is 263 g/mol. The van der Waals surface area contributed by atoms with Crippen molar-refractivity contribution < 1.29 is 4.79 Å². The molecule has 0 radical (unpaired) electrons. The number of carbonyl (C=O) groups is 1. The molecular formula is C15H25N3O. The molecule has 0 spiro atoms. The molecule has 4 nitrogen and oxygen atoms in total. The van der Waals surface area contributed by atoms with Gasteiger partial charge in [-0.25, -0.2) is 0 Å². The lowest BCUT2D eigenvalue weighted by atomic mass is 10.1. The van der Waals surface area contributed by atoms with E-state index in [4.69, 9.17) is 5.73 Å². The van der Waals surface area contributed by atoms with Gasteiger partial charge in [-0.15, -0.1) is 0 Å². The molecule has 0 fully saturated rings. The molecule has 1 atom stereocenters. The van der Waals surface area contributed by atoms with E-state index in [0.717, 1.165) is 13.0 Å². The van der Waals surface area contributed by atoms with Crippen molar-refractivity contribution in [1.29, 1.82) is 0 Å². The molecule has 0 saturated heterocycles. The van der Waals surface area contributed by atoms with Gasteiger partial charge in [0.25, 0.3) is 0 Å². The number of rotatable bonds is 8. The van der Waals surface area contributed by atoms with Crippen molar-refractivity contribution in [3.05, 3.63) is 35.9 Å². The lowest BCUT2D eigenvalue weighted by Gasteiger charge is -2.24. The largest absolute Gasteiger partial charge is 0.356 e. The second-order valence-electron chi connectivity index (χ2n) is 4.93. The Bertz CT molecular complexity index is 367. The number of amides is 1. The number of carbonyl (C=O) groups excluding carboxylic acids is 1. The predicted molar refractivity (Wildman–Crippen MR) is 78.7 cm³/mol. The molecule has 1 aromatic carbocycles. The van der Waals surface area contributed by atoms with Gasteiger partial charge in [0.2, 0.25) is 5.91 Å². The van der Waals surface area contributed by atoms with Gasteiger partial charge in [-0.2, -0.15) is 0 Å². The number of nitrogens with one attached hydrogen (secondary N) is 1. The summed E-state index contributed by atoms with van der Waals surface area (Å²) >= 11 is 0. The van der Waals surface area contributed by atoms with Crippen LogP contribution in [0.5, 0.6) is 0 Å². The Morgan fingerprint density at radius 2 is 2.05 bits per heavy atom. The fraction of sp³-hybridized carbons (Fsp3) is 0.533. The summed E-state index contributed by atoms with van der Waals surface area (Å²) in [5.74, 6) is 0.0420. The summed E-state index contributed by atoms with van der Waals surface area (Å²) < 4.78 is 0. The molecule has 0 heterocycles. The number of hydrogen-bond donors (Lipinski definition) is 2. The van der Waals surface area contributed by atoms with Crippen LogP contribution in [0.2, 0.25) is 0 Å². The Morgan fingerprint density at radius 3 is 2.68 bits per heavy atom. The van der Waals surface area contributed by atoms with Crippen molar-refractivity contribution in [2.24, 2.45) is 5.73 Å². The summed E-state index contributed by atoms with van der Waals surface area (Å²) in [6.07, 6.45) is 1.36. The van der Waals surface area contributed by atoms with Gasteiger partial charge in [-0.1, -0.05) is 30.3 Å². The van der Waals surface area contributed by atoms with Gasteiger partial charge in [0, 0.05) is 32.1 Å². The average Bonchev–Trinajstić information content (AvgIpc) is 2.40. The topological polar surface area (TPSA) is 58.4 Å². The van der Waals surface area contributed by atoms with Gasteiger partial charge < -0.3 is 11.1 Å². The quantitative estimate of drug-likeness (QED) is 0.744. The fourth-order valence-electron chi connectivity index (χ4n) is 1.89. The summed E-state index contributed by atoms with van der Waals surface area (Å²) in [7, 11) is 2.11. The van der Waals surface area contributed by atoms with Gasteiger partial charge in [0.1, 0.15) is 0 Å². The minimum atomic E-state index is 0.0420. The highest BCUT2D eigenvalue weighted by Gasteiger charge is 2.09. The van der Waals surface area contributed by atoms with Crippen LogP contribution in [0.3, 0.4) is 0 Å². The lowest BCUT2D eigenvalue weighted by Crippen LogP contribution is -2.34. The van der Waals surface area contributed by atoms with Crippen LogP contribution in [0.1, 0.15) is 25.3 Å². The minimum Gasteiger partial charge on any atom is -0.356 e. The van der Waals surface area contributed by atoms with E-state index >= 15 is 0 Å². The lowest BCUT2D eigenvalue weighted by molar-refractivity contribution is -0.120. The van der Waals surface area contributed by atoms with Crippen LogP contribution >= 0.6 is 0 Å². The summed E-state index contributed by atoms with van der Waals surface area (Å²) in [6.45, 7) is 4.23. The van der Waals surface area contributed by atoms with Gasteiger partial charge in [-0.3, -0.25) is 9.69 Å². The standard InChI is InChI=1S/C15H25N3O/c1-13(9-11-17-15(19)8-10-16)18(2)12-14-6-4-3-5-7-14/h3-7,13H,8-12,16H2,1-2H3,(H,17,19). The molecule has 0 aliphatic carbocycles. The first-order valence-corrected chi connectivity index (χ1v) is 6.84. The zero-order valence-corrected chi connectivity index (χ0v) is 11.9. The number of hydrogen-bond acceptors (Lipinski definition) is 3. The highest BCUT2D eigenvalue weighted by atomic mass is 16.1. The summed E-state index contributed by atoms with van der Waals surface area (Å²) in [5, 5.41) is 2.89. The Labute approximate surface area is 116 Å². The first-order valence-electron chi connectivity index (χ1n) is 6.84. The van der Waals surface area contributed by atoms with E-state index in [1.54, 1.807) is 0 Å². The third-order valence-electron chi connectivity index (χ3n) is 3.28. The van der Waals surface area contributed by atoms with Crippen molar-refractivity contribution in [1.82, 2.24) is 10.2 Å². The smallest absolute Gasteiger partial charge is 0.221 e. The van der Waals surface area contributed by atoms with E-state index in [9.17, 15) is 4.79 Å². The van der Waals surface area contributed by atoms with E-state index < -0.39 is 0 Å². The molecule has 1 amide bonds. The van der Waals surface area contributed by atoms with E-state index in [2.05, 4.69) is 48.5 Å². The van der Waals surface area contributed by atoms with Gasteiger partial charge >= 0.3 is 0 Å². The molecule has 19 heavy (non-hydrogen) atoms. The van der Waals surface area contributed by atoms with Gasteiger partial charge in [0.05, 0.1) is 0 Å². The maximum atomic E-state index is 11.3. The average molecular weight is 263 g/mol. The number of benzene rings is 1. The molecule has 0 saturated carbocycles. The first-order chi connectivity index (χ1) is 9.13. The molecule has 0 aliphatic heterocycles. The minimum absolute atomic E-state index is 0.0420. The van der Waals surface area contributed by atoms with E-state index in [0.29, 0.717) is 25.6 Å². The van der Waals surface area contributed by atoms with E-state index in [-0.39, 0.29) is 5.91 Å². The Hall–Kier alpha value is -1.39. The van der Waals surface area contributed by atoms with Crippen molar-refractivity contribution in [3.8, 4) is 0 Å². The Balaban J connectivity index is 2.25. The van der Waals surface area contributed by atoms with Crippen molar-refractivity contribution in [3.63, 3.8) is 0 Å². The molecule has 0 aliphatic rings. The Morgan fingerprint density at radius 1 is 1.37 bits per heavy atom. The molecule has 106 valence electrons. The SMILES string of the molecule is CC(CCNC(=O)CCN)N(C)Cc1ccccc1. The van der Waals surface area contributed by atoms with Crippen LogP contribution in [0.15, 0.2) is 30.3 Å². The normalized spacial score (nSPS) is 12.4. The summed E-state index contributed by atoms with van der Waals surface area (Å²) in [6, 6.07) is 10.8. The van der Waals surface area contributed by atoms with Crippen LogP contribution in [-0.4, -0.2) is 37.0 Å². The predicted octanol–water partition coefficient (Wildman–Crippen LogP) is 1.36. The molecular weight excluding hydrogens is 238 g/mol. The zero-order valence-electron chi connectivity index (χ0n) is 11.9. The highest BCUT2D eigenvalue weighted by Crippen LogP contribution is 2.07. The molecule has 1 unspecified atom stereocenters. The van der Waals surface area contributed by atoms with E-state index in [1.165, 1.54) is 5.56 Å². The van der Waals surface area contributed by atoms with Crippen LogP contribution < -0.4 is 11.1 Å². The molecule has 0 aromatic heterocycles. The van der Waals surface area contributed by atoms with Crippen LogP contribution in [0, 0.1) is 0 Å². The highest BCUT2D eigenvalue weighted by molar-refractivity contribution is 5.75. The van der Waals surface area contributed by atoms with Crippen LogP contribution in [0.25, 0.3) is 0 Å². The molecule has 1 aromatic rings. The van der Waals surface area contributed by atoms with Gasteiger partial charge in [-0.05, 0) is 26.0 Å². The molecule has 0 bridgehead atoms. The van der Waals surface area contributed by atoms with Crippen LogP contribution in [0.4, 0.5) is 0 Å². The molecule has 4 heteroatoms. The second kappa shape index (κ2) is 8.67. The molecule has 1 rings (SSSR count). The molecule has 3 N–H and O–H groups in total. The maximum Gasteiger partial charge on any atom is 0.221 e. The van der Waals surface area contributed by atoms with Crippen molar-refractivity contribution in [2.75, 3.05) is 20.1 Å². The van der Waals surface area contributed by atoms with Gasteiger partial charge in [0.15, 0.2) is 0 Å². The Kier molecular flexibility index (Phi) is 7.15. The van der Waals surface area contributed by atoms with E-state index in [1.807, 2.05) is 6.07 Å². The third kappa shape index (κ3) is 6.36. The zero-order chi connectivity index (χ0) is 14.1. The second-order valence-corrected chi connectivity index (χ2v) is 4.93. The third-order valence-corrected chi connectivity index (χ3v) is 3.28. The summed E-state index contributed by atoms with van der Waals surface area (Å²) in [5.41, 5.74) is 6.64. The van der Waals surface area contributed by atoms with Crippen LogP contribution in [-0.2, 0) is 11.3 Å². The van der Waals surface area contributed by atoms with Crippen molar-refractivity contribution >= 4 is 5.91 Å². The number of nitrogens with two attached hydrogens (primary N) is 1. The summed E-state index contributed by atoms with van der Waals surface area (Å²) in [4.78, 5) is 13.6.